The summed E-state index contributed by atoms with van der Waals surface area (Å²) < 4.78 is 0. The minimum atomic E-state index is 0.182. The number of nitrogens with zero attached hydrogens (tertiary/aromatic N) is 2. The quantitative estimate of drug-likeness (QED) is 0.556. The van der Waals surface area contributed by atoms with Gasteiger partial charge >= 0.3 is 0 Å². The molecule has 0 fully saturated rings. The minimum Gasteiger partial charge on any atom is -0.388 e. The summed E-state index contributed by atoms with van der Waals surface area (Å²) in [4.78, 5) is 6.84. The Morgan fingerprint density at radius 1 is 0.955 bits per heavy atom. The smallest absolute Gasteiger partial charge is 0.133 e. The molecule has 3 N–H and O–H groups in total. The number of fused-ring (bicyclic) bond motifs is 1. The van der Waals surface area contributed by atoms with E-state index in [2.05, 4.69) is 17.0 Å². The second-order valence-corrected chi connectivity index (χ2v) is 5.12. The van der Waals surface area contributed by atoms with E-state index < -0.39 is 0 Å². The Hall–Kier alpha value is -2.88. The molecule has 3 aromatic rings. The molecule has 2 aromatic carbocycles. The van der Waals surface area contributed by atoms with Crippen LogP contribution in [0.15, 0.2) is 66.7 Å². The van der Waals surface area contributed by atoms with E-state index in [0.29, 0.717) is 13.0 Å². The molecular weight excluding hydrogens is 272 g/mol. The third-order valence-electron chi connectivity index (χ3n) is 3.53. The monoisotopic (exact) mass is 290 g/mol. The Kier molecular flexibility index (Phi) is 4.01. The number of hydrogen-bond donors (Lipinski definition) is 2. The fourth-order valence-electron chi connectivity index (χ4n) is 2.42. The maximum absolute atomic E-state index is 7.47. The van der Waals surface area contributed by atoms with Gasteiger partial charge in [0.05, 0.1) is 11.4 Å². The highest BCUT2D eigenvalue weighted by Gasteiger charge is 2.11. The van der Waals surface area contributed by atoms with Gasteiger partial charge in [-0.05, 0) is 30.3 Å². The van der Waals surface area contributed by atoms with Gasteiger partial charge in [-0.1, -0.05) is 36.4 Å². The van der Waals surface area contributed by atoms with Gasteiger partial charge in [-0.3, -0.25) is 5.41 Å². The molecule has 0 spiro atoms. The van der Waals surface area contributed by atoms with Crippen molar-refractivity contribution in [3.05, 3.63) is 66.7 Å². The molecule has 0 atom stereocenters. The number of aromatic nitrogens is 1. The minimum absolute atomic E-state index is 0.182. The van der Waals surface area contributed by atoms with Crippen molar-refractivity contribution in [2.24, 2.45) is 5.73 Å². The average molecular weight is 290 g/mol. The number of nitrogens with one attached hydrogen (secondary N) is 1. The molecule has 4 nitrogen and oxygen atoms in total. The van der Waals surface area contributed by atoms with Crippen LogP contribution in [0.3, 0.4) is 0 Å². The van der Waals surface area contributed by atoms with E-state index >= 15 is 0 Å². The Balaban J connectivity index is 2.01. The van der Waals surface area contributed by atoms with Gasteiger partial charge in [0.1, 0.15) is 5.82 Å². The average Bonchev–Trinajstić information content (AvgIpc) is 2.55. The zero-order chi connectivity index (χ0) is 15.4. The van der Waals surface area contributed by atoms with Gasteiger partial charge in [-0.25, -0.2) is 4.98 Å². The number of benzene rings is 2. The van der Waals surface area contributed by atoms with Crippen LogP contribution in [0.1, 0.15) is 6.42 Å². The predicted octanol–water partition coefficient (Wildman–Crippen LogP) is 3.70. The number of para-hydroxylation sites is 2. The second-order valence-electron chi connectivity index (χ2n) is 5.12. The van der Waals surface area contributed by atoms with Crippen molar-refractivity contribution in [2.75, 3.05) is 11.4 Å². The normalized spacial score (nSPS) is 10.5. The number of rotatable bonds is 5. The van der Waals surface area contributed by atoms with Gasteiger partial charge in [0.15, 0.2) is 0 Å². The number of hydrogen-bond acceptors (Lipinski definition) is 3. The van der Waals surface area contributed by atoms with E-state index in [4.69, 9.17) is 16.1 Å². The molecule has 0 saturated heterocycles. The van der Waals surface area contributed by atoms with Gasteiger partial charge in [0, 0.05) is 24.0 Å². The number of nitrogens with two attached hydrogens (primary N) is 1. The molecule has 110 valence electrons. The van der Waals surface area contributed by atoms with Crippen LogP contribution in [0.4, 0.5) is 11.5 Å². The summed E-state index contributed by atoms with van der Waals surface area (Å²) in [6.45, 7) is 0.630. The number of anilines is 2. The van der Waals surface area contributed by atoms with E-state index in [1.54, 1.807) is 0 Å². The molecule has 3 rings (SSSR count). The summed E-state index contributed by atoms with van der Waals surface area (Å²) in [6.07, 6.45) is 0.503. The Morgan fingerprint density at radius 3 is 2.45 bits per heavy atom. The molecule has 1 aromatic heterocycles. The molecule has 0 aliphatic carbocycles. The van der Waals surface area contributed by atoms with Gasteiger partial charge in [0.25, 0.3) is 0 Å². The molecule has 0 amide bonds. The lowest BCUT2D eigenvalue weighted by molar-refractivity contribution is 0.937. The fraction of sp³-hybridized carbons (Fsp3) is 0.111. The highest BCUT2D eigenvalue weighted by atomic mass is 15.2. The Labute approximate surface area is 129 Å². The van der Waals surface area contributed by atoms with Crippen LogP contribution in [-0.2, 0) is 0 Å². The van der Waals surface area contributed by atoms with E-state index in [-0.39, 0.29) is 5.84 Å². The second kappa shape index (κ2) is 6.26. The maximum Gasteiger partial charge on any atom is 0.133 e. The van der Waals surface area contributed by atoms with Crippen molar-refractivity contribution in [1.29, 1.82) is 5.41 Å². The molecule has 4 heteroatoms. The summed E-state index contributed by atoms with van der Waals surface area (Å²) in [7, 11) is 0. The van der Waals surface area contributed by atoms with Crippen LogP contribution in [0.5, 0.6) is 0 Å². The van der Waals surface area contributed by atoms with Crippen molar-refractivity contribution in [3.63, 3.8) is 0 Å². The van der Waals surface area contributed by atoms with Crippen molar-refractivity contribution in [3.8, 4) is 0 Å². The van der Waals surface area contributed by atoms with Crippen LogP contribution in [0.25, 0.3) is 10.9 Å². The fourth-order valence-corrected chi connectivity index (χ4v) is 2.42. The standard InChI is InChI=1S/C18H18N4/c19-17(20)12-13-22(15-7-2-1-3-8-15)18-11-10-14-6-4-5-9-16(14)21-18/h1-11H,12-13H2,(H3,19,20). The molecule has 0 unspecified atom stereocenters. The van der Waals surface area contributed by atoms with Crippen molar-refractivity contribution < 1.29 is 0 Å². The number of amidine groups is 1. The molecule has 0 bridgehead atoms. The number of pyridine rings is 1. The lowest BCUT2D eigenvalue weighted by atomic mass is 10.2. The summed E-state index contributed by atoms with van der Waals surface area (Å²) in [5.74, 6) is 1.05. The van der Waals surface area contributed by atoms with Gasteiger partial charge < -0.3 is 10.6 Å². The Bertz CT molecular complexity index is 783. The van der Waals surface area contributed by atoms with Crippen LogP contribution in [-0.4, -0.2) is 17.4 Å². The first-order chi connectivity index (χ1) is 10.7. The van der Waals surface area contributed by atoms with E-state index in [0.717, 1.165) is 22.4 Å². The topological polar surface area (TPSA) is 66.0 Å². The first kappa shape index (κ1) is 14.1. The maximum atomic E-state index is 7.47. The highest BCUT2D eigenvalue weighted by Crippen LogP contribution is 2.25. The largest absolute Gasteiger partial charge is 0.388 e. The van der Waals surface area contributed by atoms with E-state index in [1.807, 2.05) is 54.6 Å². The van der Waals surface area contributed by atoms with Crippen molar-refractivity contribution in [2.45, 2.75) is 6.42 Å². The van der Waals surface area contributed by atoms with Crippen LogP contribution >= 0.6 is 0 Å². The zero-order valence-corrected chi connectivity index (χ0v) is 12.2. The summed E-state index contributed by atoms with van der Waals surface area (Å²) in [5.41, 5.74) is 7.53. The molecule has 0 aliphatic rings. The molecule has 22 heavy (non-hydrogen) atoms. The third kappa shape index (κ3) is 3.06. The van der Waals surface area contributed by atoms with Crippen molar-refractivity contribution >= 4 is 28.2 Å². The lowest BCUT2D eigenvalue weighted by Crippen LogP contribution is -2.24. The van der Waals surface area contributed by atoms with Gasteiger partial charge in [-0.2, -0.15) is 0 Å². The summed E-state index contributed by atoms with van der Waals surface area (Å²) in [6, 6.07) is 22.2. The Morgan fingerprint density at radius 2 is 1.68 bits per heavy atom. The third-order valence-corrected chi connectivity index (χ3v) is 3.53. The van der Waals surface area contributed by atoms with Crippen LogP contribution < -0.4 is 10.6 Å². The first-order valence-electron chi connectivity index (χ1n) is 7.25. The molecule has 1 heterocycles. The summed E-state index contributed by atoms with van der Waals surface area (Å²) >= 11 is 0. The first-order valence-corrected chi connectivity index (χ1v) is 7.25. The molecular formula is C18H18N4. The van der Waals surface area contributed by atoms with Crippen LogP contribution in [0.2, 0.25) is 0 Å². The van der Waals surface area contributed by atoms with Gasteiger partial charge in [-0.15, -0.1) is 0 Å². The lowest BCUT2D eigenvalue weighted by Gasteiger charge is -2.24. The summed E-state index contributed by atoms with van der Waals surface area (Å²) in [5, 5.41) is 8.59. The SMILES string of the molecule is N=C(N)CCN(c1ccccc1)c1ccc2ccccc2n1. The van der Waals surface area contributed by atoms with Crippen LogP contribution in [0, 0.1) is 5.41 Å². The predicted molar refractivity (Wildman–Crippen MR) is 91.7 cm³/mol. The van der Waals surface area contributed by atoms with E-state index in [1.165, 1.54) is 0 Å². The highest BCUT2D eigenvalue weighted by molar-refractivity contribution is 5.82. The zero-order valence-electron chi connectivity index (χ0n) is 12.2. The van der Waals surface area contributed by atoms with Crippen molar-refractivity contribution in [1.82, 2.24) is 4.98 Å². The molecule has 0 saturated carbocycles. The molecule has 0 aliphatic heterocycles. The van der Waals surface area contributed by atoms with E-state index in [9.17, 15) is 0 Å². The van der Waals surface area contributed by atoms with Gasteiger partial charge in [0.2, 0.25) is 0 Å². The molecule has 0 radical (unpaired) electrons.